The number of carbonyl (C=O) groups excluding carboxylic acids is 1. The van der Waals surface area contributed by atoms with Crippen LogP contribution >= 0.6 is 0 Å². The molecule has 0 fully saturated rings. The Balaban J connectivity index is 2.38. The van der Waals surface area contributed by atoms with E-state index >= 15 is 0 Å². The average molecular weight is 294 g/mol. The van der Waals surface area contributed by atoms with Gasteiger partial charge in [0.15, 0.2) is 17.3 Å². The zero-order valence-corrected chi connectivity index (χ0v) is 10.3. The van der Waals surface area contributed by atoms with Gasteiger partial charge in [0.05, 0.1) is 16.8 Å². The van der Waals surface area contributed by atoms with Crippen molar-refractivity contribution in [2.24, 2.45) is 0 Å². The van der Waals surface area contributed by atoms with E-state index in [0.29, 0.717) is 11.8 Å². The Kier molecular flexibility index (Phi) is 3.74. The van der Waals surface area contributed by atoms with Crippen LogP contribution in [0.3, 0.4) is 0 Å². The fourth-order valence-electron chi connectivity index (χ4n) is 1.53. The molecule has 0 unspecified atom stereocenters. The van der Waals surface area contributed by atoms with Gasteiger partial charge in [-0.1, -0.05) is 0 Å². The van der Waals surface area contributed by atoms with Crippen molar-refractivity contribution in [3.05, 3.63) is 57.9 Å². The molecule has 9 heteroatoms. The van der Waals surface area contributed by atoms with Crippen LogP contribution < -0.4 is 11.1 Å². The SMILES string of the molecule is Nc1ccc(C(=O)Nc2c([N+](=O)[O-])ccc(F)c2F)nc1. The van der Waals surface area contributed by atoms with E-state index in [1.807, 2.05) is 5.32 Å². The minimum Gasteiger partial charge on any atom is -0.397 e. The molecule has 0 aliphatic carbocycles. The first-order chi connectivity index (χ1) is 9.90. The molecule has 2 aromatic rings. The first kappa shape index (κ1) is 14.3. The number of nitro benzene ring substituents is 1. The molecule has 3 N–H and O–H groups in total. The van der Waals surface area contributed by atoms with Crippen molar-refractivity contribution in [1.29, 1.82) is 0 Å². The highest BCUT2D eigenvalue weighted by Gasteiger charge is 2.24. The first-order valence-corrected chi connectivity index (χ1v) is 5.55. The van der Waals surface area contributed by atoms with Gasteiger partial charge in [0.25, 0.3) is 11.6 Å². The summed E-state index contributed by atoms with van der Waals surface area (Å²) in [5.74, 6) is -3.77. The topological polar surface area (TPSA) is 111 Å². The van der Waals surface area contributed by atoms with Crippen LogP contribution in [0.25, 0.3) is 0 Å². The van der Waals surface area contributed by atoms with Gasteiger partial charge >= 0.3 is 0 Å². The number of hydrogen-bond donors (Lipinski definition) is 2. The van der Waals surface area contributed by atoms with E-state index in [1.54, 1.807) is 0 Å². The molecule has 1 amide bonds. The van der Waals surface area contributed by atoms with E-state index in [9.17, 15) is 23.7 Å². The van der Waals surface area contributed by atoms with E-state index in [4.69, 9.17) is 5.73 Å². The van der Waals surface area contributed by atoms with Gasteiger partial charge in [-0.2, -0.15) is 0 Å². The predicted octanol–water partition coefficient (Wildman–Crippen LogP) is 2.10. The van der Waals surface area contributed by atoms with Crippen LogP contribution in [-0.4, -0.2) is 15.8 Å². The minimum atomic E-state index is -1.52. The Hall–Kier alpha value is -3.10. The van der Waals surface area contributed by atoms with Gasteiger partial charge in [-0.3, -0.25) is 14.9 Å². The van der Waals surface area contributed by atoms with Gasteiger partial charge in [-0.25, -0.2) is 13.8 Å². The van der Waals surface area contributed by atoms with Crippen molar-refractivity contribution in [3.63, 3.8) is 0 Å². The third-order valence-electron chi connectivity index (χ3n) is 2.53. The second-order valence-corrected chi connectivity index (χ2v) is 3.94. The number of nitrogens with one attached hydrogen (secondary N) is 1. The molecule has 0 aliphatic heterocycles. The Labute approximate surface area is 116 Å². The lowest BCUT2D eigenvalue weighted by atomic mass is 10.2. The molecule has 0 aliphatic rings. The van der Waals surface area contributed by atoms with Crippen LogP contribution in [0, 0.1) is 21.7 Å². The van der Waals surface area contributed by atoms with Crippen molar-refractivity contribution in [2.45, 2.75) is 0 Å². The fourth-order valence-corrected chi connectivity index (χ4v) is 1.53. The molecule has 108 valence electrons. The highest BCUT2D eigenvalue weighted by Crippen LogP contribution is 2.29. The van der Waals surface area contributed by atoms with Gasteiger partial charge in [-0.05, 0) is 18.2 Å². The second-order valence-electron chi connectivity index (χ2n) is 3.94. The van der Waals surface area contributed by atoms with Crippen molar-refractivity contribution in [2.75, 3.05) is 11.1 Å². The summed E-state index contributed by atoms with van der Waals surface area (Å²) >= 11 is 0. The molecule has 0 spiro atoms. The van der Waals surface area contributed by atoms with Crippen LogP contribution in [0.4, 0.5) is 25.8 Å². The molecule has 0 bridgehead atoms. The predicted molar refractivity (Wildman–Crippen MR) is 69.6 cm³/mol. The van der Waals surface area contributed by atoms with Gasteiger partial charge < -0.3 is 11.1 Å². The number of nitrogen functional groups attached to an aromatic ring is 1. The highest BCUT2D eigenvalue weighted by atomic mass is 19.2. The lowest BCUT2D eigenvalue weighted by Crippen LogP contribution is -2.16. The Morgan fingerprint density at radius 3 is 2.57 bits per heavy atom. The van der Waals surface area contributed by atoms with E-state index in [0.717, 1.165) is 6.07 Å². The number of benzene rings is 1. The molecule has 21 heavy (non-hydrogen) atoms. The maximum atomic E-state index is 13.6. The summed E-state index contributed by atoms with van der Waals surface area (Å²) in [5.41, 5.74) is 3.92. The summed E-state index contributed by atoms with van der Waals surface area (Å²) in [6.07, 6.45) is 1.19. The number of amides is 1. The first-order valence-electron chi connectivity index (χ1n) is 5.55. The molecule has 1 heterocycles. The summed E-state index contributed by atoms with van der Waals surface area (Å²) in [6.45, 7) is 0. The molecule has 7 nitrogen and oxygen atoms in total. The number of carbonyl (C=O) groups is 1. The number of pyridine rings is 1. The average Bonchev–Trinajstić information content (AvgIpc) is 2.44. The molecule has 2 rings (SSSR count). The number of halogens is 2. The zero-order chi connectivity index (χ0) is 15.6. The number of hydrogen-bond acceptors (Lipinski definition) is 5. The van der Waals surface area contributed by atoms with Gasteiger partial charge in [0, 0.05) is 6.07 Å². The summed E-state index contributed by atoms with van der Waals surface area (Å²) in [4.78, 5) is 25.4. The van der Waals surface area contributed by atoms with Crippen molar-refractivity contribution >= 4 is 23.0 Å². The lowest BCUT2D eigenvalue weighted by Gasteiger charge is -2.07. The maximum Gasteiger partial charge on any atom is 0.296 e. The quantitative estimate of drug-likeness (QED) is 0.665. The molecule has 0 saturated heterocycles. The van der Waals surface area contributed by atoms with Gasteiger partial charge in [0.2, 0.25) is 0 Å². The van der Waals surface area contributed by atoms with Crippen LogP contribution in [-0.2, 0) is 0 Å². The number of rotatable bonds is 3. The standard InChI is InChI=1S/C12H8F2N4O3/c13-7-2-4-9(18(20)21)11(10(7)14)17-12(19)8-3-1-6(15)5-16-8/h1-5H,15H2,(H,17,19). The smallest absolute Gasteiger partial charge is 0.296 e. The van der Waals surface area contributed by atoms with E-state index < -0.39 is 33.8 Å². The minimum absolute atomic E-state index is 0.151. The molecule has 0 radical (unpaired) electrons. The number of nitrogens with zero attached hydrogens (tertiary/aromatic N) is 2. The van der Waals surface area contributed by atoms with Crippen LogP contribution in [0.15, 0.2) is 30.5 Å². The molecular weight excluding hydrogens is 286 g/mol. The van der Waals surface area contributed by atoms with Crippen molar-refractivity contribution < 1.29 is 18.5 Å². The van der Waals surface area contributed by atoms with Crippen molar-refractivity contribution in [1.82, 2.24) is 4.98 Å². The van der Waals surface area contributed by atoms with Crippen LogP contribution in [0.1, 0.15) is 10.5 Å². The number of nitro groups is 1. The molecule has 0 saturated carbocycles. The maximum absolute atomic E-state index is 13.6. The van der Waals surface area contributed by atoms with Crippen LogP contribution in [0.2, 0.25) is 0 Å². The Morgan fingerprint density at radius 1 is 1.29 bits per heavy atom. The fraction of sp³-hybridized carbons (Fsp3) is 0. The monoisotopic (exact) mass is 294 g/mol. The summed E-state index contributed by atoms with van der Waals surface area (Å²) in [7, 11) is 0. The third-order valence-corrected chi connectivity index (χ3v) is 2.53. The van der Waals surface area contributed by atoms with Crippen molar-refractivity contribution in [3.8, 4) is 0 Å². The molecule has 1 aromatic carbocycles. The normalized spacial score (nSPS) is 10.2. The zero-order valence-electron chi connectivity index (χ0n) is 10.3. The van der Waals surface area contributed by atoms with Gasteiger partial charge in [-0.15, -0.1) is 0 Å². The van der Waals surface area contributed by atoms with E-state index in [1.165, 1.54) is 18.3 Å². The van der Waals surface area contributed by atoms with E-state index in [-0.39, 0.29) is 5.69 Å². The molecular formula is C12H8F2N4O3. The largest absolute Gasteiger partial charge is 0.397 e. The summed E-state index contributed by atoms with van der Waals surface area (Å²) in [5, 5.41) is 12.7. The Bertz CT molecular complexity index is 719. The summed E-state index contributed by atoms with van der Waals surface area (Å²) < 4.78 is 26.8. The number of nitrogens with two attached hydrogens (primary N) is 1. The summed E-state index contributed by atoms with van der Waals surface area (Å²) in [6, 6.07) is 3.97. The Morgan fingerprint density at radius 2 is 2.00 bits per heavy atom. The van der Waals surface area contributed by atoms with Gasteiger partial charge in [0.1, 0.15) is 5.69 Å². The lowest BCUT2D eigenvalue weighted by molar-refractivity contribution is -0.384. The third kappa shape index (κ3) is 2.91. The molecule has 1 aromatic heterocycles. The molecule has 0 atom stereocenters. The number of anilines is 2. The van der Waals surface area contributed by atoms with E-state index in [2.05, 4.69) is 4.98 Å². The number of aromatic nitrogens is 1. The second kappa shape index (κ2) is 5.49. The highest BCUT2D eigenvalue weighted by molar-refractivity contribution is 6.04. The van der Waals surface area contributed by atoms with Crippen LogP contribution in [0.5, 0.6) is 0 Å².